The minimum atomic E-state index is -0.836. The Balaban J connectivity index is 1.73. The normalized spacial score (nSPS) is 19.4. The molecule has 0 aliphatic carbocycles. The van der Waals surface area contributed by atoms with Crippen LogP contribution < -0.4 is 11.2 Å². The topological polar surface area (TPSA) is 145 Å². The number of ether oxygens (including phenoxy) is 1. The SMILES string of the molecule is COC(=O)C1=C(C)N=C(N)/C(=C2/N=C(CN(C)Cc3ccccc3)NO2)C1c1cccc([N+](=O)[O-])c1. The molecule has 2 aromatic rings. The summed E-state index contributed by atoms with van der Waals surface area (Å²) in [6.45, 7) is 2.77. The number of aliphatic imine (C=N–C) groups is 2. The molecule has 0 bridgehead atoms. The van der Waals surface area contributed by atoms with E-state index in [2.05, 4.69) is 20.4 Å². The number of allylic oxidation sites excluding steroid dienone is 1. The molecule has 4 rings (SSSR count). The number of hydrogen-bond acceptors (Lipinski definition) is 10. The molecule has 2 aliphatic heterocycles. The lowest BCUT2D eigenvalue weighted by Gasteiger charge is -2.27. The van der Waals surface area contributed by atoms with E-state index in [1.54, 1.807) is 19.1 Å². The fraction of sp³-hybridized carbons (Fsp3) is 0.240. The number of hydroxylamine groups is 1. The first-order valence-corrected chi connectivity index (χ1v) is 11.1. The standard InChI is InChI=1S/C25H26N6O5/c1-15-20(25(32)35-3)21(17-10-7-11-18(12-17)31(33)34)22(23(26)27-15)24-28-19(29-36-24)14-30(2)13-16-8-5-4-6-9-16/h4-12,21H,13-14H2,1-3H3,(H2,26,27)(H,28,29)/b24-22-. The zero-order valence-electron chi connectivity index (χ0n) is 20.1. The van der Waals surface area contributed by atoms with Gasteiger partial charge in [-0.15, -0.1) is 0 Å². The third-order valence-corrected chi connectivity index (χ3v) is 5.80. The average Bonchev–Trinajstić information content (AvgIpc) is 3.31. The van der Waals surface area contributed by atoms with E-state index in [9.17, 15) is 14.9 Å². The Bertz CT molecular complexity index is 1320. The maximum atomic E-state index is 12.8. The lowest BCUT2D eigenvalue weighted by molar-refractivity contribution is -0.384. The largest absolute Gasteiger partial charge is 0.466 e. The molecular weight excluding hydrogens is 464 g/mol. The van der Waals surface area contributed by atoms with E-state index >= 15 is 0 Å². The summed E-state index contributed by atoms with van der Waals surface area (Å²) in [4.78, 5) is 40.4. The van der Waals surface area contributed by atoms with Crippen LogP contribution in [-0.2, 0) is 20.9 Å². The third kappa shape index (κ3) is 5.10. The van der Waals surface area contributed by atoms with E-state index < -0.39 is 16.8 Å². The van der Waals surface area contributed by atoms with Crippen molar-refractivity contribution in [2.75, 3.05) is 20.7 Å². The Hall–Kier alpha value is -4.51. The number of non-ortho nitro benzene ring substituents is 1. The van der Waals surface area contributed by atoms with Crippen LogP contribution in [0.15, 0.2) is 87.3 Å². The Labute approximate surface area is 207 Å². The molecule has 11 nitrogen and oxygen atoms in total. The third-order valence-electron chi connectivity index (χ3n) is 5.80. The highest BCUT2D eigenvalue weighted by molar-refractivity contribution is 6.06. The Morgan fingerprint density at radius 3 is 2.64 bits per heavy atom. The van der Waals surface area contributed by atoms with Gasteiger partial charge >= 0.3 is 5.97 Å². The smallest absolute Gasteiger partial charge is 0.336 e. The van der Waals surface area contributed by atoms with Gasteiger partial charge in [-0.2, -0.15) is 4.99 Å². The number of likely N-dealkylation sites (N-methyl/N-ethyl adjacent to an activating group) is 1. The van der Waals surface area contributed by atoms with E-state index in [4.69, 9.17) is 15.3 Å². The second-order valence-electron chi connectivity index (χ2n) is 8.41. The van der Waals surface area contributed by atoms with Crippen molar-refractivity contribution in [1.82, 2.24) is 10.4 Å². The van der Waals surface area contributed by atoms with Crippen molar-refractivity contribution >= 4 is 23.3 Å². The highest BCUT2D eigenvalue weighted by Gasteiger charge is 2.38. The molecule has 0 fully saturated rings. The van der Waals surface area contributed by atoms with Gasteiger partial charge in [-0.1, -0.05) is 42.5 Å². The number of hydrogen-bond donors (Lipinski definition) is 2. The number of nitrogens with one attached hydrogen (secondary N) is 1. The second kappa shape index (κ2) is 10.4. The summed E-state index contributed by atoms with van der Waals surface area (Å²) in [5, 5.41) is 11.4. The molecule has 186 valence electrons. The molecule has 0 saturated heterocycles. The lowest BCUT2D eigenvalue weighted by Crippen LogP contribution is -2.32. The van der Waals surface area contributed by atoms with Crippen LogP contribution in [-0.4, -0.2) is 48.2 Å². The van der Waals surface area contributed by atoms with E-state index in [0.29, 0.717) is 35.8 Å². The van der Waals surface area contributed by atoms with Crippen LogP contribution in [0.25, 0.3) is 0 Å². The molecule has 0 radical (unpaired) electrons. The van der Waals surface area contributed by atoms with Gasteiger partial charge in [0.05, 0.1) is 41.3 Å². The minimum absolute atomic E-state index is 0.0936. The first-order chi connectivity index (χ1) is 17.3. The summed E-state index contributed by atoms with van der Waals surface area (Å²) >= 11 is 0. The van der Waals surface area contributed by atoms with E-state index in [-0.39, 0.29) is 23.0 Å². The van der Waals surface area contributed by atoms with Gasteiger partial charge in [-0.25, -0.2) is 15.3 Å². The highest BCUT2D eigenvalue weighted by atomic mass is 16.7. The molecule has 0 aromatic heterocycles. The zero-order chi connectivity index (χ0) is 25.8. The van der Waals surface area contributed by atoms with Crippen molar-refractivity contribution in [1.29, 1.82) is 0 Å². The summed E-state index contributed by atoms with van der Waals surface area (Å²) < 4.78 is 5.00. The van der Waals surface area contributed by atoms with Crippen LogP contribution in [0, 0.1) is 10.1 Å². The number of carbonyl (C=O) groups excluding carboxylic acids is 1. The minimum Gasteiger partial charge on any atom is -0.466 e. The van der Waals surface area contributed by atoms with Crippen molar-refractivity contribution in [3.05, 3.63) is 98.6 Å². The van der Waals surface area contributed by atoms with Crippen molar-refractivity contribution in [3.8, 4) is 0 Å². The average molecular weight is 491 g/mol. The first kappa shape index (κ1) is 24.6. The zero-order valence-corrected chi connectivity index (χ0v) is 20.1. The molecular formula is C25H26N6O5. The summed E-state index contributed by atoms with van der Waals surface area (Å²) in [6.07, 6.45) is 0. The fourth-order valence-corrected chi connectivity index (χ4v) is 4.23. The van der Waals surface area contributed by atoms with Crippen molar-refractivity contribution in [2.45, 2.75) is 19.4 Å². The molecule has 1 unspecified atom stereocenters. The predicted molar refractivity (Wildman–Crippen MR) is 134 cm³/mol. The van der Waals surface area contributed by atoms with Crippen LogP contribution in [0.2, 0.25) is 0 Å². The van der Waals surface area contributed by atoms with Gasteiger partial charge in [0.1, 0.15) is 5.84 Å². The van der Waals surface area contributed by atoms with Crippen LogP contribution in [0.1, 0.15) is 24.0 Å². The first-order valence-electron chi connectivity index (χ1n) is 11.1. The summed E-state index contributed by atoms with van der Waals surface area (Å²) in [6, 6.07) is 16.0. The maximum absolute atomic E-state index is 12.8. The van der Waals surface area contributed by atoms with Gasteiger partial charge in [0, 0.05) is 18.7 Å². The van der Waals surface area contributed by atoms with Crippen LogP contribution in [0.3, 0.4) is 0 Å². The van der Waals surface area contributed by atoms with E-state index in [0.717, 1.165) is 5.56 Å². The number of carbonyl (C=O) groups is 1. The summed E-state index contributed by atoms with van der Waals surface area (Å²) in [5.41, 5.74) is 11.5. The van der Waals surface area contributed by atoms with Crippen LogP contribution in [0.4, 0.5) is 5.69 Å². The van der Waals surface area contributed by atoms with E-state index in [1.807, 2.05) is 37.4 Å². The number of nitro groups is 1. The number of amidine groups is 2. The van der Waals surface area contributed by atoms with Crippen LogP contribution in [0.5, 0.6) is 0 Å². The van der Waals surface area contributed by atoms with Crippen LogP contribution >= 0.6 is 0 Å². The predicted octanol–water partition coefficient (Wildman–Crippen LogP) is 2.77. The molecule has 0 amide bonds. The summed E-state index contributed by atoms with van der Waals surface area (Å²) in [5.74, 6) is -0.707. The Morgan fingerprint density at radius 1 is 1.19 bits per heavy atom. The number of nitrogens with zero attached hydrogens (tertiary/aromatic N) is 4. The number of methoxy groups -OCH3 is 1. The maximum Gasteiger partial charge on any atom is 0.336 e. The molecule has 1 atom stereocenters. The number of benzene rings is 2. The highest BCUT2D eigenvalue weighted by Crippen LogP contribution is 2.41. The van der Waals surface area contributed by atoms with Crippen molar-refractivity contribution < 1.29 is 19.3 Å². The number of rotatable bonds is 7. The van der Waals surface area contributed by atoms with Gasteiger partial charge in [0.2, 0.25) is 0 Å². The van der Waals surface area contributed by atoms with Gasteiger partial charge in [0.15, 0.2) is 5.84 Å². The molecule has 2 heterocycles. The number of nitrogens with two attached hydrogens (primary N) is 1. The quantitative estimate of drug-likeness (QED) is 0.342. The molecule has 0 saturated carbocycles. The van der Waals surface area contributed by atoms with E-state index in [1.165, 1.54) is 19.2 Å². The van der Waals surface area contributed by atoms with Gasteiger partial charge < -0.3 is 15.3 Å². The Morgan fingerprint density at radius 2 is 1.94 bits per heavy atom. The number of nitro benzene ring substituents is 1. The fourth-order valence-electron chi connectivity index (χ4n) is 4.23. The van der Waals surface area contributed by atoms with Gasteiger partial charge in [-0.05, 0) is 25.1 Å². The Kier molecular flexibility index (Phi) is 7.11. The number of esters is 1. The molecule has 2 aliphatic rings. The molecule has 11 heteroatoms. The molecule has 36 heavy (non-hydrogen) atoms. The van der Waals surface area contributed by atoms with Gasteiger partial charge in [0.25, 0.3) is 11.6 Å². The molecule has 3 N–H and O–H groups in total. The lowest BCUT2D eigenvalue weighted by atomic mass is 9.81. The van der Waals surface area contributed by atoms with Crippen molar-refractivity contribution in [3.63, 3.8) is 0 Å². The second-order valence-corrected chi connectivity index (χ2v) is 8.41. The molecule has 2 aromatic carbocycles. The van der Waals surface area contributed by atoms with Crippen molar-refractivity contribution in [2.24, 2.45) is 15.7 Å². The van der Waals surface area contributed by atoms with Gasteiger partial charge in [-0.3, -0.25) is 15.0 Å². The summed E-state index contributed by atoms with van der Waals surface area (Å²) in [7, 11) is 3.21. The monoisotopic (exact) mass is 490 g/mol. The molecule has 0 spiro atoms.